The standard InChI is InChI=1S/C16H24N4OS/c1-10(2)14-17-18-16-20(14)11(3)13(22-16)15(21)19(4)12-8-6-5-7-9-12/h10,12H,5-9H2,1-4H3. The quantitative estimate of drug-likeness (QED) is 0.868. The van der Waals surface area contributed by atoms with Crippen LogP contribution in [-0.4, -0.2) is 38.5 Å². The van der Waals surface area contributed by atoms with E-state index in [1.807, 2.05) is 23.3 Å². The molecule has 2 aromatic heterocycles. The zero-order valence-corrected chi connectivity index (χ0v) is 14.6. The van der Waals surface area contributed by atoms with Crippen molar-refractivity contribution in [3.8, 4) is 0 Å². The summed E-state index contributed by atoms with van der Waals surface area (Å²) in [5.74, 6) is 1.36. The predicted octanol–water partition coefficient (Wildman–Crippen LogP) is 3.63. The van der Waals surface area contributed by atoms with Crippen molar-refractivity contribution < 1.29 is 4.79 Å². The molecule has 1 aliphatic carbocycles. The summed E-state index contributed by atoms with van der Waals surface area (Å²) in [4.78, 5) is 16.5. The summed E-state index contributed by atoms with van der Waals surface area (Å²) in [5.41, 5.74) is 0.973. The van der Waals surface area contributed by atoms with Gasteiger partial charge in [0.25, 0.3) is 5.91 Å². The molecule has 0 bridgehead atoms. The van der Waals surface area contributed by atoms with Gasteiger partial charge in [0.2, 0.25) is 4.96 Å². The van der Waals surface area contributed by atoms with Gasteiger partial charge in [0.1, 0.15) is 10.7 Å². The van der Waals surface area contributed by atoms with E-state index >= 15 is 0 Å². The maximum atomic E-state index is 12.9. The van der Waals surface area contributed by atoms with Gasteiger partial charge in [0.05, 0.1) is 0 Å². The molecule has 1 aliphatic rings. The fourth-order valence-electron chi connectivity index (χ4n) is 3.30. The molecule has 0 spiro atoms. The number of rotatable bonds is 3. The molecule has 1 fully saturated rings. The highest BCUT2D eigenvalue weighted by atomic mass is 32.1. The molecule has 1 saturated carbocycles. The Morgan fingerprint density at radius 2 is 1.95 bits per heavy atom. The molecule has 6 heteroatoms. The number of thiazole rings is 1. The summed E-state index contributed by atoms with van der Waals surface area (Å²) in [6.07, 6.45) is 6.02. The molecule has 120 valence electrons. The lowest BCUT2D eigenvalue weighted by atomic mass is 9.94. The third-order valence-corrected chi connectivity index (χ3v) is 5.79. The second-order valence-electron chi connectivity index (χ2n) is 6.56. The molecular weight excluding hydrogens is 296 g/mol. The van der Waals surface area contributed by atoms with E-state index in [2.05, 4.69) is 24.0 Å². The van der Waals surface area contributed by atoms with E-state index in [-0.39, 0.29) is 5.91 Å². The molecule has 0 N–H and O–H groups in total. The van der Waals surface area contributed by atoms with Crippen LogP contribution in [0, 0.1) is 6.92 Å². The molecule has 22 heavy (non-hydrogen) atoms. The minimum atomic E-state index is 0.134. The van der Waals surface area contributed by atoms with E-state index in [0.717, 1.165) is 34.2 Å². The lowest BCUT2D eigenvalue weighted by Gasteiger charge is -2.31. The summed E-state index contributed by atoms with van der Waals surface area (Å²) < 4.78 is 2.04. The molecule has 0 saturated heterocycles. The molecule has 0 atom stereocenters. The maximum absolute atomic E-state index is 12.9. The van der Waals surface area contributed by atoms with Gasteiger partial charge in [0, 0.05) is 24.7 Å². The zero-order valence-electron chi connectivity index (χ0n) is 13.8. The third-order valence-electron chi connectivity index (χ3n) is 4.67. The Labute approximate surface area is 135 Å². The number of aryl methyl sites for hydroxylation is 1. The SMILES string of the molecule is Cc1c(C(=O)N(C)C2CCCCC2)sc2nnc(C(C)C)n12. The van der Waals surface area contributed by atoms with E-state index in [0.29, 0.717) is 12.0 Å². The predicted molar refractivity (Wildman–Crippen MR) is 88.7 cm³/mol. The van der Waals surface area contributed by atoms with Gasteiger partial charge in [-0.25, -0.2) is 0 Å². The molecule has 0 aromatic carbocycles. The van der Waals surface area contributed by atoms with Gasteiger partial charge in [0.15, 0.2) is 0 Å². The van der Waals surface area contributed by atoms with Crippen molar-refractivity contribution in [3.63, 3.8) is 0 Å². The fourth-order valence-corrected chi connectivity index (χ4v) is 4.35. The van der Waals surface area contributed by atoms with Crippen LogP contribution < -0.4 is 0 Å². The van der Waals surface area contributed by atoms with Crippen molar-refractivity contribution >= 4 is 22.2 Å². The van der Waals surface area contributed by atoms with Crippen molar-refractivity contribution in [2.24, 2.45) is 0 Å². The molecule has 0 aliphatic heterocycles. The Kier molecular flexibility index (Phi) is 4.21. The Balaban J connectivity index is 1.92. The molecule has 5 nitrogen and oxygen atoms in total. The Morgan fingerprint density at radius 1 is 1.27 bits per heavy atom. The Bertz CT molecular complexity index is 682. The summed E-state index contributed by atoms with van der Waals surface area (Å²) >= 11 is 1.46. The monoisotopic (exact) mass is 320 g/mol. The van der Waals surface area contributed by atoms with E-state index < -0.39 is 0 Å². The van der Waals surface area contributed by atoms with E-state index in [1.54, 1.807) is 0 Å². The highest BCUT2D eigenvalue weighted by Gasteiger charge is 2.27. The van der Waals surface area contributed by atoms with E-state index in [9.17, 15) is 4.79 Å². The minimum Gasteiger partial charge on any atom is -0.338 e. The first kappa shape index (κ1) is 15.5. The van der Waals surface area contributed by atoms with Crippen LogP contribution in [0.3, 0.4) is 0 Å². The van der Waals surface area contributed by atoms with Gasteiger partial charge >= 0.3 is 0 Å². The number of carbonyl (C=O) groups excluding carboxylic acids is 1. The number of hydrogen-bond donors (Lipinski definition) is 0. The Hall–Kier alpha value is -1.43. The second kappa shape index (κ2) is 5.99. The lowest BCUT2D eigenvalue weighted by Crippen LogP contribution is -2.38. The molecule has 0 unspecified atom stereocenters. The van der Waals surface area contributed by atoms with Gasteiger partial charge in [-0.15, -0.1) is 10.2 Å². The number of fused-ring (bicyclic) bond motifs is 1. The van der Waals surface area contributed by atoms with Crippen LogP contribution in [-0.2, 0) is 0 Å². The van der Waals surface area contributed by atoms with Crippen molar-refractivity contribution in [3.05, 3.63) is 16.4 Å². The third kappa shape index (κ3) is 2.53. The maximum Gasteiger partial charge on any atom is 0.265 e. The van der Waals surface area contributed by atoms with Crippen LogP contribution in [0.4, 0.5) is 0 Å². The molecular formula is C16H24N4OS. The summed E-state index contributed by atoms with van der Waals surface area (Å²) in [6.45, 7) is 6.20. The molecule has 1 amide bonds. The first-order valence-corrected chi connectivity index (χ1v) is 8.94. The van der Waals surface area contributed by atoms with Gasteiger partial charge < -0.3 is 4.90 Å². The molecule has 0 radical (unpaired) electrons. The topological polar surface area (TPSA) is 50.5 Å². The Morgan fingerprint density at radius 3 is 2.59 bits per heavy atom. The van der Waals surface area contributed by atoms with E-state index in [1.165, 1.54) is 30.6 Å². The number of hydrogen-bond acceptors (Lipinski definition) is 4. The van der Waals surface area contributed by atoms with Crippen molar-refractivity contribution in [1.82, 2.24) is 19.5 Å². The second-order valence-corrected chi connectivity index (χ2v) is 7.53. The van der Waals surface area contributed by atoms with Crippen LogP contribution in [0.15, 0.2) is 0 Å². The number of amides is 1. The van der Waals surface area contributed by atoms with Gasteiger partial charge in [-0.2, -0.15) is 0 Å². The average molecular weight is 320 g/mol. The molecule has 3 rings (SSSR count). The van der Waals surface area contributed by atoms with E-state index in [4.69, 9.17) is 0 Å². The van der Waals surface area contributed by atoms with Crippen LogP contribution in [0.1, 0.15) is 73.1 Å². The van der Waals surface area contributed by atoms with Crippen molar-refractivity contribution in [1.29, 1.82) is 0 Å². The number of carbonyl (C=O) groups is 1. The van der Waals surface area contributed by atoms with Gasteiger partial charge in [-0.05, 0) is 19.8 Å². The number of nitrogens with zero attached hydrogens (tertiary/aromatic N) is 4. The highest BCUT2D eigenvalue weighted by Crippen LogP contribution is 2.29. The lowest BCUT2D eigenvalue weighted by molar-refractivity contribution is 0.0700. The first-order chi connectivity index (χ1) is 10.5. The fraction of sp³-hybridized carbons (Fsp3) is 0.688. The average Bonchev–Trinajstić information content (AvgIpc) is 3.07. The van der Waals surface area contributed by atoms with Crippen LogP contribution >= 0.6 is 11.3 Å². The normalized spacial score (nSPS) is 16.6. The van der Waals surface area contributed by atoms with Crippen molar-refractivity contribution in [2.75, 3.05) is 7.05 Å². The molecule has 2 aromatic rings. The number of aromatic nitrogens is 3. The minimum absolute atomic E-state index is 0.134. The largest absolute Gasteiger partial charge is 0.338 e. The summed E-state index contributed by atoms with van der Waals surface area (Å²) in [6, 6.07) is 0.387. The zero-order chi connectivity index (χ0) is 15.9. The molecule has 2 heterocycles. The summed E-state index contributed by atoms with van der Waals surface area (Å²) in [5, 5.41) is 8.49. The summed E-state index contributed by atoms with van der Waals surface area (Å²) in [7, 11) is 1.95. The van der Waals surface area contributed by atoms with Crippen molar-refractivity contribution in [2.45, 2.75) is 64.8 Å². The van der Waals surface area contributed by atoms with Crippen LogP contribution in [0.25, 0.3) is 4.96 Å². The van der Waals surface area contributed by atoms with Gasteiger partial charge in [-0.3, -0.25) is 9.20 Å². The smallest absolute Gasteiger partial charge is 0.265 e. The first-order valence-electron chi connectivity index (χ1n) is 8.12. The highest BCUT2D eigenvalue weighted by molar-refractivity contribution is 7.19. The van der Waals surface area contributed by atoms with Crippen LogP contribution in [0.5, 0.6) is 0 Å². The van der Waals surface area contributed by atoms with Gasteiger partial charge in [-0.1, -0.05) is 44.4 Å². The van der Waals surface area contributed by atoms with Crippen LogP contribution in [0.2, 0.25) is 0 Å².